The maximum absolute atomic E-state index is 12.6. The minimum atomic E-state index is -0.184. The molecule has 3 aromatic rings. The Kier molecular flexibility index (Phi) is 7.02. The molecule has 0 radical (unpaired) electrons. The first-order valence-electron chi connectivity index (χ1n) is 9.41. The quantitative estimate of drug-likeness (QED) is 0.335. The molecule has 4 rings (SSSR count). The molecule has 1 heterocycles. The Bertz CT molecular complexity index is 1110. The van der Waals surface area contributed by atoms with Crippen LogP contribution in [0.5, 0.6) is 11.5 Å². The zero-order valence-electron chi connectivity index (χ0n) is 16.5. The summed E-state index contributed by atoms with van der Waals surface area (Å²) in [6.07, 6.45) is 0. The smallest absolute Gasteiger partial charge is 0.238 e. The number of rotatable bonds is 6. The van der Waals surface area contributed by atoms with Crippen molar-refractivity contribution >= 4 is 62.5 Å². The molecule has 31 heavy (non-hydrogen) atoms. The van der Waals surface area contributed by atoms with Gasteiger partial charge in [-0.2, -0.15) is 0 Å². The molecule has 0 unspecified atom stereocenters. The van der Waals surface area contributed by atoms with Gasteiger partial charge in [-0.05, 0) is 64.0 Å². The molecule has 1 aliphatic heterocycles. The number of carbonyl (C=O) groups excluding carboxylic acids is 1. The third kappa shape index (κ3) is 4.82. The van der Waals surface area contributed by atoms with Crippen molar-refractivity contribution in [2.24, 2.45) is 0 Å². The number of thioether (sulfide) groups is 1. The lowest BCUT2D eigenvalue weighted by atomic mass is 10.1. The molecule has 4 nitrogen and oxygen atoms in total. The van der Waals surface area contributed by atoms with E-state index in [1.807, 2.05) is 48.5 Å². The Morgan fingerprint density at radius 1 is 1.13 bits per heavy atom. The second kappa shape index (κ2) is 9.74. The van der Waals surface area contributed by atoms with Crippen molar-refractivity contribution in [1.29, 1.82) is 0 Å². The summed E-state index contributed by atoms with van der Waals surface area (Å²) in [6.45, 7) is 0.307. The van der Waals surface area contributed by atoms with Gasteiger partial charge in [0.25, 0.3) is 0 Å². The third-order valence-electron chi connectivity index (χ3n) is 4.84. The Morgan fingerprint density at radius 3 is 2.58 bits per heavy atom. The number of methoxy groups -OCH3 is 1. The first-order chi connectivity index (χ1) is 15.0. The van der Waals surface area contributed by atoms with E-state index in [0.29, 0.717) is 33.9 Å². The minimum Gasteiger partial charge on any atom is -0.493 e. The van der Waals surface area contributed by atoms with Gasteiger partial charge in [0.2, 0.25) is 5.91 Å². The molecule has 160 valence electrons. The highest BCUT2D eigenvalue weighted by atomic mass is 79.9. The molecular formula is C23H18BrCl2NO3S. The fourth-order valence-corrected chi connectivity index (χ4v) is 5.39. The summed E-state index contributed by atoms with van der Waals surface area (Å²) in [5, 5.41) is 1.09. The van der Waals surface area contributed by atoms with Gasteiger partial charge < -0.3 is 9.47 Å². The van der Waals surface area contributed by atoms with Crippen LogP contribution in [0.4, 0.5) is 5.69 Å². The van der Waals surface area contributed by atoms with Crippen molar-refractivity contribution in [3.05, 3.63) is 86.3 Å². The Balaban J connectivity index is 1.63. The maximum Gasteiger partial charge on any atom is 0.238 e. The van der Waals surface area contributed by atoms with Gasteiger partial charge >= 0.3 is 0 Å². The zero-order valence-corrected chi connectivity index (χ0v) is 20.4. The summed E-state index contributed by atoms with van der Waals surface area (Å²) in [5.41, 5.74) is 2.62. The zero-order chi connectivity index (χ0) is 22.0. The van der Waals surface area contributed by atoms with E-state index < -0.39 is 0 Å². The van der Waals surface area contributed by atoms with Gasteiger partial charge in [-0.3, -0.25) is 9.69 Å². The number of amides is 1. The van der Waals surface area contributed by atoms with E-state index in [-0.39, 0.29) is 11.3 Å². The number of nitrogens with zero attached hydrogens (tertiary/aromatic N) is 1. The Labute approximate surface area is 203 Å². The molecule has 0 spiro atoms. The highest BCUT2D eigenvalue weighted by molar-refractivity contribution is 9.10. The van der Waals surface area contributed by atoms with Gasteiger partial charge in [0.15, 0.2) is 11.5 Å². The van der Waals surface area contributed by atoms with Crippen molar-refractivity contribution < 1.29 is 14.3 Å². The van der Waals surface area contributed by atoms with Crippen molar-refractivity contribution in [3.8, 4) is 11.5 Å². The molecule has 1 fully saturated rings. The summed E-state index contributed by atoms with van der Waals surface area (Å²) in [4.78, 5) is 14.4. The van der Waals surface area contributed by atoms with Gasteiger partial charge in [-0.15, -0.1) is 11.8 Å². The lowest BCUT2D eigenvalue weighted by Crippen LogP contribution is -2.27. The second-order valence-corrected chi connectivity index (χ2v) is 9.58. The summed E-state index contributed by atoms with van der Waals surface area (Å²) >= 11 is 17.4. The van der Waals surface area contributed by atoms with Crippen LogP contribution in [0.1, 0.15) is 16.5 Å². The van der Waals surface area contributed by atoms with Gasteiger partial charge in [-0.25, -0.2) is 0 Å². The average molecular weight is 539 g/mol. The number of benzene rings is 3. The van der Waals surface area contributed by atoms with Crippen molar-refractivity contribution in [2.45, 2.75) is 12.0 Å². The second-order valence-electron chi connectivity index (χ2n) is 6.82. The number of hydrogen-bond acceptors (Lipinski definition) is 4. The number of ether oxygens (including phenoxy) is 2. The summed E-state index contributed by atoms with van der Waals surface area (Å²) in [7, 11) is 1.60. The lowest BCUT2D eigenvalue weighted by molar-refractivity contribution is -0.115. The number of carbonyl (C=O) groups is 1. The predicted molar refractivity (Wildman–Crippen MR) is 131 cm³/mol. The minimum absolute atomic E-state index is 0.0476. The molecular weight excluding hydrogens is 521 g/mol. The third-order valence-corrected chi connectivity index (χ3v) is 7.26. The first-order valence-corrected chi connectivity index (χ1v) is 12.0. The van der Waals surface area contributed by atoms with E-state index in [0.717, 1.165) is 21.3 Å². The molecule has 1 saturated heterocycles. The van der Waals surface area contributed by atoms with Crippen LogP contribution < -0.4 is 14.4 Å². The van der Waals surface area contributed by atoms with Gasteiger partial charge in [0, 0.05) is 21.3 Å². The SMILES string of the molecule is COc1cc([C@@H]2SCC(=O)N2c2ccc(Cl)cc2)cc(Br)c1OCc1ccccc1Cl. The number of halogens is 3. The van der Waals surface area contributed by atoms with Crippen LogP contribution in [-0.4, -0.2) is 18.8 Å². The molecule has 0 aliphatic carbocycles. The molecule has 0 aromatic heterocycles. The van der Waals surface area contributed by atoms with Crippen molar-refractivity contribution in [3.63, 3.8) is 0 Å². The lowest BCUT2D eigenvalue weighted by Gasteiger charge is -2.25. The van der Waals surface area contributed by atoms with Crippen LogP contribution in [0.15, 0.2) is 65.1 Å². The van der Waals surface area contributed by atoms with Gasteiger partial charge in [0.05, 0.1) is 17.3 Å². The molecule has 1 aliphatic rings. The fraction of sp³-hybridized carbons (Fsp3) is 0.174. The molecule has 1 amide bonds. The van der Waals surface area contributed by atoms with E-state index in [2.05, 4.69) is 15.9 Å². The van der Waals surface area contributed by atoms with Gasteiger partial charge in [0.1, 0.15) is 12.0 Å². The molecule has 1 atom stereocenters. The van der Waals surface area contributed by atoms with Crippen LogP contribution >= 0.6 is 50.9 Å². The van der Waals surface area contributed by atoms with E-state index >= 15 is 0 Å². The van der Waals surface area contributed by atoms with Crippen LogP contribution in [0, 0.1) is 0 Å². The normalized spacial score (nSPS) is 15.9. The Hall–Kier alpha value is -1.86. The average Bonchev–Trinajstić information content (AvgIpc) is 3.15. The monoisotopic (exact) mass is 537 g/mol. The van der Waals surface area contributed by atoms with E-state index in [1.165, 1.54) is 0 Å². The van der Waals surface area contributed by atoms with E-state index in [9.17, 15) is 4.79 Å². The molecule has 0 saturated carbocycles. The van der Waals surface area contributed by atoms with E-state index in [1.54, 1.807) is 35.9 Å². The highest BCUT2D eigenvalue weighted by Crippen LogP contribution is 2.46. The molecule has 8 heteroatoms. The van der Waals surface area contributed by atoms with E-state index in [4.69, 9.17) is 32.7 Å². The largest absolute Gasteiger partial charge is 0.493 e. The van der Waals surface area contributed by atoms with Crippen LogP contribution in [-0.2, 0) is 11.4 Å². The van der Waals surface area contributed by atoms with Crippen LogP contribution in [0.2, 0.25) is 10.0 Å². The fourth-order valence-electron chi connectivity index (χ4n) is 3.34. The number of hydrogen-bond donors (Lipinski definition) is 0. The number of anilines is 1. The first kappa shape index (κ1) is 22.3. The molecule has 3 aromatic carbocycles. The van der Waals surface area contributed by atoms with Crippen LogP contribution in [0.3, 0.4) is 0 Å². The van der Waals surface area contributed by atoms with Gasteiger partial charge in [-0.1, -0.05) is 41.4 Å². The molecule has 0 N–H and O–H groups in total. The standard InChI is InChI=1S/C23H18BrCl2NO3S/c1-29-20-11-15(10-18(24)22(20)30-12-14-4-2-3-5-19(14)26)23-27(21(28)13-31-23)17-8-6-16(25)7-9-17/h2-11,23H,12-13H2,1H3/t23-/m0/s1. The topological polar surface area (TPSA) is 38.8 Å². The summed E-state index contributed by atoms with van der Waals surface area (Å²) in [5.74, 6) is 1.61. The van der Waals surface area contributed by atoms with Crippen LogP contribution in [0.25, 0.3) is 0 Å². The summed E-state index contributed by atoms with van der Waals surface area (Å²) < 4.78 is 12.4. The maximum atomic E-state index is 12.6. The summed E-state index contributed by atoms with van der Waals surface area (Å²) in [6, 6.07) is 18.7. The molecule has 0 bridgehead atoms. The van der Waals surface area contributed by atoms with Crippen molar-refractivity contribution in [1.82, 2.24) is 0 Å². The predicted octanol–water partition coefficient (Wildman–Crippen LogP) is 7.12. The van der Waals surface area contributed by atoms with Crippen molar-refractivity contribution in [2.75, 3.05) is 17.8 Å². The Morgan fingerprint density at radius 2 is 1.87 bits per heavy atom. The highest BCUT2D eigenvalue weighted by Gasteiger charge is 2.35.